The van der Waals surface area contributed by atoms with Crippen molar-refractivity contribution >= 4 is 5.69 Å². The first-order valence-corrected chi connectivity index (χ1v) is 10.6. The molecule has 0 saturated carbocycles. The zero-order valence-electron chi connectivity index (χ0n) is 16.6. The van der Waals surface area contributed by atoms with Crippen LogP contribution in [0.2, 0.25) is 0 Å². The Hall–Kier alpha value is -1.85. The molecule has 2 aromatic rings. The fourth-order valence-corrected chi connectivity index (χ4v) is 4.46. The van der Waals surface area contributed by atoms with Crippen molar-refractivity contribution < 1.29 is 0 Å². The van der Waals surface area contributed by atoms with Crippen LogP contribution in [-0.4, -0.2) is 71.4 Å². The molecule has 0 aliphatic carbocycles. The number of aromatic nitrogens is 2. The molecule has 2 aliphatic rings. The van der Waals surface area contributed by atoms with Crippen molar-refractivity contribution in [3.05, 3.63) is 42.7 Å². The molecule has 2 aliphatic heterocycles. The molecule has 0 atom stereocenters. The third-order valence-electron chi connectivity index (χ3n) is 6.20. The number of benzene rings is 1. The van der Waals surface area contributed by atoms with Crippen molar-refractivity contribution in [2.45, 2.75) is 38.6 Å². The van der Waals surface area contributed by atoms with E-state index in [4.69, 9.17) is 0 Å². The van der Waals surface area contributed by atoms with E-state index in [1.165, 1.54) is 77.2 Å². The Balaban J connectivity index is 1.26. The largest absolute Gasteiger partial charge is 0.371 e. The van der Waals surface area contributed by atoms with Gasteiger partial charge in [-0.1, -0.05) is 13.3 Å². The number of rotatable bonds is 6. The van der Waals surface area contributed by atoms with Gasteiger partial charge in [0.05, 0.1) is 5.69 Å². The lowest BCUT2D eigenvalue weighted by Gasteiger charge is -2.43. The average molecular weight is 368 g/mol. The molecular formula is C22H33N5. The summed E-state index contributed by atoms with van der Waals surface area (Å²) in [5.74, 6) is 0. The summed E-state index contributed by atoms with van der Waals surface area (Å²) in [5, 5.41) is 4.31. The van der Waals surface area contributed by atoms with E-state index in [9.17, 15) is 0 Å². The molecule has 2 fully saturated rings. The molecule has 0 spiro atoms. The molecule has 4 rings (SSSR count). The summed E-state index contributed by atoms with van der Waals surface area (Å²) in [4.78, 5) is 7.94. The summed E-state index contributed by atoms with van der Waals surface area (Å²) in [6, 6.07) is 11.6. The van der Waals surface area contributed by atoms with Crippen LogP contribution in [0.1, 0.15) is 32.6 Å². The first-order chi connectivity index (χ1) is 13.3. The minimum Gasteiger partial charge on any atom is -0.371 e. The Labute approximate surface area is 163 Å². The van der Waals surface area contributed by atoms with Crippen LogP contribution in [0.15, 0.2) is 42.7 Å². The Morgan fingerprint density at radius 2 is 1.63 bits per heavy atom. The summed E-state index contributed by atoms with van der Waals surface area (Å²) in [6.45, 7) is 10.9. The molecule has 3 heterocycles. The maximum Gasteiger partial charge on any atom is 0.0647 e. The zero-order chi connectivity index (χ0) is 18.5. The van der Waals surface area contributed by atoms with E-state index in [1.807, 2.05) is 23.1 Å². The Bertz CT molecular complexity index is 665. The van der Waals surface area contributed by atoms with Gasteiger partial charge in [0.25, 0.3) is 0 Å². The average Bonchev–Trinajstić information content (AvgIpc) is 3.28. The van der Waals surface area contributed by atoms with Gasteiger partial charge in [0.2, 0.25) is 0 Å². The van der Waals surface area contributed by atoms with Gasteiger partial charge in [-0.2, -0.15) is 5.10 Å². The number of hydrogen-bond acceptors (Lipinski definition) is 4. The highest BCUT2D eigenvalue weighted by atomic mass is 15.3. The van der Waals surface area contributed by atoms with Gasteiger partial charge in [0, 0.05) is 63.4 Å². The van der Waals surface area contributed by atoms with Crippen LogP contribution < -0.4 is 4.90 Å². The highest BCUT2D eigenvalue weighted by Crippen LogP contribution is 2.24. The van der Waals surface area contributed by atoms with Crippen LogP contribution >= 0.6 is 0 Å². The molecule has 1 aromatic heterocycles. The molecule has 5 heteroatoms. The summed E-state index contributed by atoms with van der Waals surface area (Å²) in [7, 11) is 0. The van der Waals surface area contributed by atoms with Crippen LogP contribution in [0, 0.1) is 0 Å². The zero-order valence-corrected chi connectivity index (χ0v) is 16.6. The van der Waals surface area contributed by atoms with Gasteiger partial charge in [-0.15, -0.1) is 0 Å². The molecule has 0 unspecified atom stereocenters. The second kappa shape index (κ2) is 8.89. The first kappa shape index (κ1) is 18.5. The van der Waals surface area contributed by atoms with Gasteiger partial charge in [0.15, 0.2) is 0 Å². The van der Waals surface area contributed by atoms with Crippen LogP contribution in [0.25, 0.3) is 5.69 Å². The normalized spacial score (nSPS) is 20.3. The maximum absolute atomic E-state index is 4.31. The quantitative estimate of drug-likeness (QED) is 0.783. The van der Waals surface area contributed by atoms with E-state index >= 15 is 0 Å². The van der Waals surface area contributed by atoms with Crippen molar-refractivity contribution in [2.75, 3.05) is 50.7 Å². The minimum absolute atomic E-state index is 0.776. The summed E-state index contributed by atoms with van der Waals surface area (Å²) < 4.78 is 1.91. The molecule has 0 N–H and O–H groups in total. The molecule has 27 heavy (non-hydrogen) atoms. The van der Waals surface area contributed by atoms with Gasteiger partial charge in [-0.05, 0) is 56.1 Å². The second-order valence-corrected chi connectivity index (χ2v) is 7.92. The highest BCUT2D eigenvalue weighted by molar-refractivity contribution is 5.51. The minimum atomic E-state index is 0.776. The van der Waals surface area contributed by atoms with Crippen molar-refractivity contribution in [2.24, 2.45) is 0 Å². The first-order valence-electron chi connectivity index (χ1n) is 10.6. The Kier molecular flexibility index (Phi) is 6.10. The topological polar surface area (TPSA) is 27.5 Å². The SMILES string of the molecule is CCCCN1CCN(C2CCN(c3ccc(-n4cccn4)cc3)CC2)CC1. The standard InChI is InChI=1S/C22H33N5/c1-2-3-12-24-16-18-26(19-17-24)21-9-14-25(15-10-21)20-5-7-22(8-6-20)27-13-4-11-23-27/h4-8,11,13,21H,2-3,9-10,12,14-19H2,1H3. The maximum atomic E-state index is 4.31. The van der Waals surface area contributed by atoms with Gasteiger partial charge < -0.3 is 9.80 Å². The lowest BCUT2D eigenvalue weighted by Crippen LogP contribution is -2.53. The van der Waals surface area contributed by atoms with Gasteiger partial charge in [-0.25, -0.2) is 4.68 Å². The fraction of sp³-hybridized carbons (Fsp3) is 0.591. The summed E-state index contributed by atoms with van der Waals surface area (Å²) in [6.07, 6.45) is 9.04. The van der Waals surface area contributed by atoms with E-state index in [0.29, 0.717) is 0 Å². The monoisotopic (exact) mass is 367 g/mol. The van der Waals surface area contributed by atoms with Crippen LogP contribution in [0.4, 0.5) is 5.69 Å². The molecule has 5 nitrogen and oxygen atoms in total. The molecule has 1 aromatic carbocycles. The third-order valence-corrected chi connectivity index (χ3v) is 6.20. The lowest BCUT2D eigenvalue weighted by molar-refractivity contribution is 0.0842. The Morgan fingerprint density at radius 1 is 0.926 bits per heavy atom. The van der Waals surface area contributed by atoms with E-state index in [0.717, 1.165) is 11.7 Å². The third kappa shape index (κ3) is 4.53. The van der Waals surface area contributed by atoms with E-state index in [-0.39, 0.29) is 0 Å². The van der Waals surface area contributed by atoms with Gasteiger partial charge >= 0.3 is 0 Å². The number of hydrogen-bond donors (Lipinski definition) is 0. The fourth-order valence-electron chi connectivity index (χ4n) is 4.46. The van der Waals surface area contributed by atoms with Crippen LogP contribution in [-0.2, 0) is 0 Å². The van der Waals surface area contributed by atoms with Crippen LogP contribution in [0.5, 0.6) is 0 Å². The second-order valence-electron chi connectivity index (χ2n) is 7.92. The van der Waals surface area contributed by atoms with E-state index < -0.39 is 0 Å². The summed E-state index contributed by atoms with van der Waals surface area (Å²) >= 11 is 0. The predicted molar refractivity (Wildman–Crippen MR) is 112 cm³/mol. The number of unbranched alkanes of at least 4 members (excludes halogenated alkanes) is 1. The molecule has 146 valence electrons. The molecule has 0 amide bonds. The van der Waals surface area contributed by atoms with E-state index in [2.05, 4.69) is 51.0 Å². The summed E-state index contributed by atoms with van der Waals surface area (Å²) in [5.41, 5.74) is 2.47. The predicted octanol–water partition coefficient (Wildman–Crippen LogP) is 3.26. The highest BCUT2D eigenvalue weighted by Gasteiger charge is 2.27. The van der Waals surface area contributed by atoms with Gasteiger partial charge in [0.1, 0.15) is 0 Å². The smallest absolute Gasteiger partial charge is 0.0647 e. The number of anilines is 1. The Morgan fingerprint density at radius 3 is 2.26 bits per heavy atom. The van der Waals surface area contributed by atoms with Crippen molar-refractivity contribution in [1.29, 1.82) is 0 Å². The van der Waals surface area contributed by atoms with Gasteiger partial charge in [-0.3, -0.25) is 4.90 Å². The molecule has 0 radical (unpaired) electrons. The number of piperazine rings is 1. The van der Waals surface area contributed by atoms with Crippen LogP contribution in [0.3, 0.4) is 0 Å². The molecule has 0 bridgehead atoms. The number of piperidine rings is 1. The van der Waals surface area contributed by atoms with Crippen molar-refractivity contribution in [3.8, 4) is 5.69 Å². The molecule has 2 saturated heterocycles. The number of nitrogens with zero attached hydrogens (tertiary/aromatic N) is 5. The lowest BCUT2D eigenvalue weighted by atomic mass is 10.0. The van der Waals surface area contributed by atoms with Crippen molar-refractivity contribution in [3.63, 3.8) is 0 Å². The van der Waals surface area contributed by atoms with Crippen molar-refractivity contribution in [1.82, 2.24) is 19.6 Å². The molecular weight excluding hydrogens is 334 g/mol. The van der Waals surface area contributed by atoms with E-state index in [1.54, 1.807) is 0 Å².